The van der Waals surface area contributed by atoms with E-state index < -0.39 is 0 Å². The van der Waals surface area contributed by atoms with E-state index in [1.54, 1.807) is 0 Å². The average Bonchev–Trinajstić information content (AvgIpc) is 3.05. The fourth-order valence-corrected chi connectivity index (χ4v) is 2.61. The third-order valence-corrected chi connectivity index (χ3v) is 3.76. The minimum Gasteiger partial charge on any atom is -0.322 e. The number of nitrogens with zero attached hydrogens (tertiary/aromatic N) is 4. The molecule has 110 valence electrons. The Morgan fingerprint density at radius 2 is 1.90 bits per heavy atom. The molecular formula is C16H21N5. The average molecular weight is 283 g/mol. The van der Waals surface area contributed by atoms with Gasteiger partial charge in [0.2, 0.25) is 0 Å². The number of benzene rings is 1. The van der Waals surface area contributed by atoms with Gasteiger partial charge in [-0.05, 0) is 26.0 Å². The molecule has 5 nitrogen and oxygen atoms in total. The molecule has 0 aliphatic heterocycles. The highest BCUT2D eigenvalue weighted by Gasteiger charge is 2.17. The molecule has 0 aliphatic rings. The van der Waals surface area contributed by atoms with Gasteiger partial charge in [0.1, 0.15) is 0 Å². The van der Waals surface area contributed by atoms with Gasteiger partial charge in [0.05, 0.1) is 22.9 Å². The van der Waals surface area contributed by atoms with Crippen molar-refractivity contribution in [1.82, 2.24) is 19.6 Å². The van der Waals surface area contributed by atoms with E-state index in [-0.39, 0.29) is 6.04 Å². The van der Waals surface area contributed by atoms with Crippen molar-refractivity contribution in [2.24, 2.45) is 12.8 Å². The lowest BCUT2D eigenvalue weighted by Gasteiger charge is -2.08. The quantitative estimate of drug-likeness (QED) is 0.800. The van der Waals surface area contributed by atoms with Gasteiger partial charge in [-0.3, -0.25) is 9.36 Å². The lowest BCUT2D eigenvalue weighted by Crippen LogP contribution is -2.15. The van der Waals surface area contributed by atoms with Crippen LogP contribution in [0.15, 0.2) is 36.5 Å². The summed E-state index contributed by atoms with van der Waals surface area (Å²) < 4.78 is 3.84. The van der Waals surface area contributed by atoms with Crippen molar-refractivity contribution in [3.8, 4) is 0 Å². The Morgan fingerprint density at radius 1 is 1.14 bits per heavy atom. The number of rotatable bonds is 4. The second-order valence-electron chi connectivity index (χ2n) is 5.72. The van der Waals surface area contributed by atoms with Gasteiger partial charge >= 0.3 is 0 Å². The molecule has 1 aromatic carbocycles. The number of aromatic nitrogens is 4. The van der Waals surface area contributed by atoms with E-state index >= 15 is 0 Å². The fourth-order valence-electron chi connectivity index (χ4n) is 2.61. The molecule has 2 heterocycles. The highest BCUT2D eigenvalue weighted by molar-refractivity contribution is 5.82. The Hall–Kier alpha value is -2.14. The molecule has 0 saturated heterocycles. The molecule has 0 fully saturated rings. The SMILES string of the molecule is CC(C)n1ccc(CC(N)c2nn(C)c3ccccc23)n1. The van der Waals surface area contributed by atoms with Crippen LogP contribution >= 0.6 is 0 Å². The van der Waals surface area contributed by atoms with Crippen LogP contribution in [-0.4, -0.2) is 19.6 Å². The van der Waals surface area contributed by atoms with Gasteiger partial charge in [0, 0.05) is 31.1 Å². The van der Waals surface area contributed by atoms with Crippen molar-refractivity contribution in [2.75, 3.05) is 0 Å². The Balaban J connectivity index is 1.88. The van der Waals surface area contributed by atoms with Crippen molar-refractivity contribution < 1.29 is 0 Å². The number of para-hydroxylation sites is 1. The highest BCUT2D eigenvalue weighted by Crippen LogP contribution is 2.24. The van der Waals surface area contributed by atoms with Gasteiger partial charge in [0.15, 0.2) is 0 Å². The van der Waals surface area contributed by atoms with Crippen molar-refractivity contribution in [3.05, 3.63) is 47.9 Å². The standard InChI is InChI=1S/C16H21N5/c1-11(2)21-9-8-12(18-21)10-14(17)16-13-6-4-5-7-15(13)20(3)19-16/h4-9,11,14H,10,17H2,1-3H3. The van der Waals surface area contributed by atoms with E-state index in [9.17, 15) is 0 Å². The normalized spacial score (nSPS) is 13.2. The van der Waals surface area contributed by atoms with Crippen molar-refractivity contribution in [2.45, 2.75) is 32.4 Å². The van der Waals surface area contributed by atoms with E-state index in [0.717, 1.165) is 22.3 Å². The molecular weight excluding hydrogens is 262 g/mol. The van der Waals surface area contributed by atoms with Crippen molar-refractivity contribution >= 4 is 10.9 Å². The molecule has 0 saturated carbocycles. The van der Waals surface area contributed by atoms with E-state index in [1.165, 1.54) is 0 Å². The molecule has 2 N–H and O–H groups in total. The second-order valence-corrected chi connectivity index (χ2v) is 5.72. The summed E-state index contributed by atoms with van der Waals surface area (Å²) >= 11 is 0. The van der Waals surface area contributed by atoms with Crippen LogP contribution in [0.5, 0.6) is 0 Å². The minimum absolute atomic E-state index is 0.147. The topological polar surface area (TPSA) is 61.7 Å². The molecule has 0 aliphatic carbocycles. The lowest BCUT2D eigenvalue weighted by molar-refractivity contribution is 0.522. The van der Waals surface area contributed by atoms with Crippen molar-refractivity contribution in [1.29, 1.82) is 0 Å². The van der Waals surface area contributed by atoms with Crippen molar-refractivity contribution in [3.63, 3.8) is 0 Å². The number of aryl methyl sites for hydroxylation is 1. The van der Waals surface area contributed by atoms with Crippen LogP contribution in [0.1, 0.15) is 37.3 Å². The van der Waals surface area contributed by atoms with Gasteiger partial charge in [-0.15, -0.1) is 0 Å². The summed E-state index contributed by atoms with van der Waals surface area (Å²) in [6.45, 7) is 4.23. The van der Waals surface area contributed by atoms with Crippen LogP contribution in [0.3, 0.4) is 0 Å². The van der Waals surface area contributed by atoms with Crippen LogP contribution in [-0.2, 0) is 13.5 Å². The predicted octanol–water partition coefficient (Wildman–Crippen LogP) is 2.59. The van der Waals surface area contributed by atoms with Gasteiger partial charge in [-0.25, -0.2) is 0 Å². The minimum atomic E-state index is -0.147. The van der Waals surface area contributed by atoms with Crippen LogP contribution < -0.4 is 5.73 Å². The predicted molar refractivity (Wildman–Crippen MR) is 84.0 cm³/mol. The maximum atomic E-state index is 6.37. The van der Waals surface area contributed by atoms with Crippen LogP contribution in [0.25, 0.3) is 10.9 Å². The number of fused-ring (bicyclic) bond motifs is 1. The first kappa shape index (κ1) is 13.8. The summed E-state index contributed by atoms with van der Waals surface area (Å²) in [7, 11) is 1.95. The number of hydrogen-bond acceptors (Lipinski definition) is 3. The first-order valence-corrected chi connectivity index (χ1v) is 7.27. The zero-order valence-corrected chi connectivity index (χ0v) is 12.7. The van der Waals surface area contributed by atoms with Crippen LogP contribution in [0, 0.1) is 0 Å². The zero-order valence-electron chi connectivity index (χ0n) is 12.7. The third kappa shape index (κ3) is 2.56. The zero-order chi connectivity index (χ0) is 15.0. The molecule has 3 aromatic rings. The molecule has 0 spiro atoms. The maximum Gasteiger partial charge on any atom is 0.0874 e. The van der Waals surface area contributed by atoms with Gasteiger partial charge < -0.3 is 5.73 Å². The first-order chi connectivity index (χ1) is 10.1. The molecule has 2 aromatic heterocycles. The smallest absolute Gasteiger partial charge is 0.0874 e. The lowest BCUT2D eigenvalue weighted by atomic mass is 10.1. The second kappa shape index (κ2) is 5.33. The molecule has 5 heteroatoms. The Bertz CT molecular complexity index is 753. The van der Waals surface area contributed by atoms with E-state index in [2.05, 4.69) is 36.2 Å². The Morgan fingerprint density at radius 3 is 2.62 bits per heavy atom. The Labute approximate surface area is 124 Å². The third-order valence-electron chi connectivity index (χ3n) is 3.76. The van der Waals surface area contributed by atoms with E-state index in [4.69, 9.17) is 5.73 Å². The largest absolute Gasteiger partial charge is 0.322 e. The summed E-state index contributed by atoms with van der Waals surface area (Å²) in [6.07, 6.45) is 2.70. The molecule has 1 unspecified atom stereocenters. The van der Waals surface area contributed by atoms with E-state index in [1.807, 2.05) is 40.8 Å². The molecule has 21 heavy (non-hydrogen) atoms. The summed E-state index contributed by atoms with van der Waals surface area (Å²) in [5.74, 6) is 0. The molecule has 0 radical (unpaired) electrons. The van der Waals surface area contributed by atoms with Crippen LogP contribution in [0.4, 0.5) is 0 Å². The summed E-state index contributed by atoms with van der Waals surface area (Å²) in [4.78, 5) is 0. The monoisotopic (exact) mass is 283 g/mol. The summed E-state index contributed by atoms with van der Waals surface area (Å²) in [5.41, 5.74) is 9.42. The van der Waals surface area contributed by atoms with E-state index in [0.29, 0.717) is 12.5 Å². The molecule has 0 amide bonds. The summed E-state index contributed by atoms with van der Waals surface area (Å²) in [5, 5.41) is 10.3. The molecule has 1 atom stereocenters. The fraction of sp³-hybridized carbons (Fsp3) is 0.375. The number of nitrogens with two attached hydrogens (primary N) is 1. The highest BCUT2D eigenvalue weighted by atomic mass is 15.3. The van der Waals surface area contributed by atoms with Gasteiger partial charge in [-0.1, -0.05) is 18.2 Å². The maximum absolute atomic E-state index is 6.37. The number of hydrogen-bond donors (Lipinski definition) is 1. The van der Waals surface area contributed by atoms with Gasteiger partial charge in [-0.2, -0.15) is 10.2 Å². The van der Waals surface area contributed by atoms with Gasteiger partial charge in [0.25, 0.3) is 0 Å². The summed E-state index contributed by atoms with van der Waals surface area (Å²) in [6, 6.07) is 10.4. The Kier molecular flexibility index (Phi) is 3.51. The molecule has 0 bridgehead atoms. The van der Waals surface area contributed by atoms with Crippen LogP contribution in [0.2, 0.25) is 0 Å². The first-order valence-electron chi connectivity index (χ1n) is 7.27. The molecule has 3 rings (SSSR count).